The Balaban J connectivity index is 1.76. The van der Waals surface area contributed by atoms with Crippen LogP contribution in [0.3, 0.4) is 0 Å². The van der Waals surface area contributed by atoms with Crippen molar-refractivity contribution in [2.45, 2.75) is 36.4 Å². The van der Waals surface area contributed by atoms with E-state index >= 15 is 0 Å². The minimum Gasteiger partial charge on any atom is -0.493 e. The average Bonchev–Trinajstić information content (AvgIpc) is 3.41. The number of anilines is 1. The molecule has 0 unspecified atom stereocenters. The second-order valence-corrected chi connectivity index (χ2v) is 9.01. The molecule has 0 aromatic heterocycles. The number of ether oxygens (including phenoxy) is 2. The molecule has 1 spiro atoms. The molecule has 0 bridgehead atoms. The van der Waals surface area contributed by atoms with Gasteiger partial charge in [-0.15, -0.1) is 0 Å². The van der Waals surface area contributed by atoms with E-state index in [2.05, 4.69) is 26.1 Å². The van der Waals surface area contributed by atoms with E-state index in [1.807, 2.05) is 24.3 Å². The van der Waals surface area contributed by atoms with Crippen molar-refractivity contribution in [3.05, 3.63) is 62.1 Å². The summed E-state index contributed by atoms with van der Waals surface area (Å²) in [7, 11) is 3.09. The zero-order valence-corrected chi connectivity index (χ0v) is 18.7. The van der Waals surface area contributed by atoms with Crippen molar-refractivity contribution in [2.75, 3.05) is 26.1 Å². The van der Waals surface area contributed by atoms with Gasteiger partial charge in [-0.05, 0) is 36.6 Å². The van der Waals surface area contributed by atoms with Crippen LogP contribution in [0.4, 0.5) is 5.69 Å². The summed E-state index contributed by atoms with van der Waals surface area (Å²) < 4.78 is 11.6. The Bertz CT molecular complexity index is 1090. The normalized spacial score (nSPS) is 29.0. The highest BCUT2D eigenvalue weighted by atomic mass is 79.9. The van der Waals surface area contributed by atoms with Crippen LogP contribution in [-0.2, 0) is 10.3 Å². The van der Waals surface area contributed by atoms with Crippen molar-refractivity contribution in [1.82, 2.24) is 4.90 Å². The largest absolute Gasteiger partial charge is 0.493 e. The van der Waals surface area contributed by atoms with Crippen LogP contribution in [0.15, 0.2) is 40.9 Å². The van der Waals surface area contributed by atoms with Gasteiger partial charge in [-0.2, -0.15) is 0 Å². The van der Waals surface area contributed by atoms with E-state index in [1.165, 1.54) is 0 Å². The molecule has 162 valence electrons. The van der Waals surface area contributed by atoms with Crippen molar-refractivity contribution in [3.63, 3.8) is 0 Å². The number of carbonyl (C=O) groups is 1. The molecule has 3 heterocycles. The standard InChI is InChI=1S/C22H22BrN3O5/c1-30-17-10-12(14(23)11-18(17)31-2)19-16-8-5-9-25(16)22(20(19)26(28)29)13-6-3-4-7-15(13)24-21(22)27/h3-4,6-7,10-11,16,19-20H,5,8-9H2,1-2H3,(H,24,27)/t16-,19+,20-,22-/m0/s1. The van der Waals surface area contributed by atoms with Crippen LogP contribution in [0.5, 0.6) is 11.5 Å². The number of halogens is 1. The molecule has 2 aromatic carbocycles. The highest BCUT2D eigenvalue weighted by Gasteiger charge is 2.73. The predicted octanol–water partition coefficient (Wildman–Crippen LogP) is 3.52. The third-order valence-corrected chi connectivity index (χ3v) is 7.64. The molecule has 3 aliphatic rings. The van der Waals surface area contributed by atoms with Crippen LogP contribution >= 0.6 is 15.9 Å². The van der Waals surface area contributed by atoms with Crippen molar-refractivity contribution < 1.29 is 19.2 Å². The number of hydrogen-bond acceptors (Lipinski definition) is 6. The first-order valence-electron chi connectivity index (χ1n) is 10.2. The molecule has 31 heavy (non-hydrogen) atoms. The Hall–Kier alpha value is -2.65. The number of nitro groups is 1. The molecule has 2 saturated heterocycles. The maximum absolute atomic E-state index is 13.5. The highest BCUT2D eigenvalue weighted by molar-refractivity contribution is 9.10. The Morgan fingerprint density at radius 3 is 2.65 bits per heavy atom. The number of carbonyl (C=O) groups excluding carboxylic acids is 1. The Morgan fingerprint density at radius 1 is 1.23 bits per heavy atom. The van der Waals surface area contributed by atoms with E-state index in [-0.39, 0.29) is 16.9 Å². The van der Waals surface area contributed by atoms with Crippen molar-refractivity contribution in [1.29, 1.82) is 0 Å². The van der Waals surface area contributed by atoms with Crippen molar-refractivity contribution in [3.8, 4) is 11.5 Å². The lowest BCUT2D eigenvalue weighted by molar-refractivity contribution is -0.534. The molecule has 8 nitrogen and oxygen atoms in total. The predicted molar refractivity (Wildman–Crippen MR) is 117 cm³/mol. The Morgan fingerprint density at radius 2 is 1.94 bits per heavy atom. The van der Waals surface area contributed by atoms with Crippen molar-refractivity contribution >= 4 is 27.5 Å². The maximum atomic E-state index is 13.5. The minimum absolute atomic E-state index is 0.137. The SMILES string of the molecule is COc1cc(Br)c([C@H]2[C@H]([N+](=O)[O-])[C@@]3(C(=O)Nc4ccccc43)N3CCC[C@@H]23)cc1OC. The molecular formula is C22H22BrN3O5. The summed E-state index contributed by atoms with van der Waals surface area (Å²) in [5.41, 5.74) is 0.758. The summed E-state index contributed by atoms with van der Waals surface area (Å²) >= 11 is 3.60. The summed E-state index contributed by atoms with van der Waals surface area (Å²) in [4.78, 5) is 27.9. The summed E-state index contributed by atoms with van der Waals surface area (Å²) in [5, 5.41) is 15.6. The molecule has 2 fully saturated rings. The smallest absolute Gasteiger partial charge is 0.256 e. The third-order valence-electron chi connectivity index (χ3n) is 6.96. The fraction of sp³-hybridized carbons (Fsp3) is 0.409. The first-order chi connectivity index (χ1) is 14.9. The number of fused-ring (bicyclic) bond motifs is 4. The van der Waals surface area contributed by atoms with Crippen LogP contribution in [0.25, 0.3) is 0 Å². The lowest BCUT2D eigenvalue weighted by Crippen LogP contribution is -2.55. The third kappa shape index (κ3) is 2.59. The number of methoxy groups -OCH3 is 2. The van der Waals surface area contributed by atoms with Gasteiger partial charge in [-0.1, -0.05) is 34.1 Å². The first-order valence-corrected chi connectivity index (χ1v) is 11.0. The van der Waals surface area contributed by atoms with Crippen LogP contribution in [-0.4, -0.2) is 48.6 Å². The lowest BCUT2D eigenvalue weighted by Gasteiger charge is -2.32. The average molecular weight is 488 g/mol. The summed E-state index contributed by atoms with van der Waals surface area (Å²) in [6, 6.07) is 9.61. The molecule has 0 radical (unpaired) electrons. The van der Waals surface area contributed by atoms with Gasteiger partial charge in [0.05, 0.1) is 20.1 Å². The van der Waals surface area contributed by atoms with E-state index in [0.717, 1.165) is 18.4 Å². The van der Waals surface area contributed by atoms with Gasteiger partial charge < -0.3 is 14.8 Å². The zero-order valence-electron chi connectivity index (χ0n) is 17.1. The number of benzene rings is 2. The Labute approximate surface area is 187 Å². The molecule has 4 atom stereocenters. The molecule has 9 heteroatoms. The second-order valence-electron chi connectivity index (χ2n) is 8.15. The first kappa shape index (κ1) is 20.3. The molecule has 1 N–H and O–H groups in total. The number of nitrogens with zero attached hydrogens (tertiary/aromatic N) is 2. The van der Waals surface area contributed by atoms with Crippen LogP contribution in [0.2, 0.25) is 0 Å². The quantitative estimate of drug-likeness (QED) is 0.523. The maximum Gasteiger partial charge on any atom is 0.256 e. The molecular weight excluding hydrogens is 466 g/mol. The lowest BCUT2D eigenvalue weighted by atomic mass is 9.77. The summed E-state index contributed by atoms with van der Waals surface area (Å²) in [5.74, 6) is 0.227. The second kappa shape index (κ2) is 7.20. The van der Waals surface area contributed by atoms with Crippen LogP contribution in [0, 0.1) is 10.1 Å². The van der Waals surface area contributed by atoms with Gasteiger partial charge in [0.15, 0.2) is 17.0 Å². The van der Waals surface area contributed by atoms with E-state index in [1.54, 1.807) is 26.4 Å². The molecule has 2 aromatic rings. The number of para-hydroxylation sites is 1. The topological polar surface area (TPSA) is 93.9 Å². The number of hydrogen-bond donors (Lipinski definition) is 1. The van der Waals surface area contributed by atoms with E-state index < -0.39 is 17.5 Å². The molecule has 3 aliphatic heterocycles. The van der Waals surface area contributed by atoms with Crippen LogP contribution in [0.1, 0.15) is 29.9 Å². The monoisotopic (exact) mass is 487 g/mol. The minimum atomic E-state index is -1.33. The highest BCUT2D eigenvalue weighted by Crippen LogP contribution is 2.59. The van der Waals surface area contributed by atoms with E-state index in [9.17, 15) is 14.9 Å². The van der Waals surface area contributed by atoms with Gasteiger partial charge in [0.1, 0.15) is 0 Å². The number of rotatable bonds is 4. The molecule has 0 saturated carbocycles. The van der Waals surface area contributed by atoms with E-state index in [0.29, 0.717) is 33.8 Å². The number of amides is 1. The van der Waals surface area contributed by atoms with Gasteiger partial charge in [0, 0.05) is 33.2 Å². The van der Waals surface area contributed by atoms with Gasteiger partial charge >= 0.3 is 0 Å². The Kier molecular flexibility index (Phi) is 4.71. The fourth-order valence-corrected chi connectivity index (χ4v) is 6.46. The van der Waals surface area contributed by atoms with Gasteiger partial charge in [0.2, 0.25) is 0 Å². The van der Waals surface area contributed by atoms with Gasteiger partial charge in [0.25, 0.3) is 11.9 Å². The molecule has 0 aliphatic carbocycles. The molecule has 1 amide bonds. The zero-order chi connectivity index (χ0) is 21.9. The van der Waals surface area contributed by atoms with Crippen molar-refractivity contribution in [2.24, 2.45) is 0 Å². The fourth-order valence-electron chi connectivity index (χ4n) is 5.87. The summed E-state index contributed by atoms with van der Waals surface area (Å²) in [6.45, 7) is 0.637. The molecule has 5 rings (SSSR count). The number of nitrogens with one attached hydrogen (secondary N) is 1. The van der Waals surface area contributed by atoms with Gasteiger partial charge in [-0.3, -0.25) is 19.8 Å². The van der Waals surface area contributed by atoms with Crippen LogP contribution < -0.4 is 14.8 Å². The van der Waals surface area contributed by atoms with E-state index in [4.69, 9.17) is 9.47 Å². The van der Waals surface area contributed by atoms with Gasteiger partial charge in [-0.25, -0.2) is 0 Å². The summed E-state index contributed by atoms with van der Waals surface area (Å²) in [6.07, 6.45) is 1.67.